The van der Waals surface area contributed by atoms with Gasteiger partial charge in [0.2, 0.25) is 10.0 Å². The van der Waals surface area contributed by atoms with Crippen LogP contribution >= 0.6 is 0 Å². The minimum atomic E-state index is -3.94. The number of carbonyl (C=O) groups is 3. The van der Waals surface area contributed by atoms with Gasteiger partial charge in [-0.15, -0.1) is 0 Å². The molecule has 3 rings (SSSR count). The van der Waals surface area contributed by atoms with E-state index >= 15 is 0 Å². The number of nitrogens with one attached hydrogen (secondary N) is 1. The van der Waals surface area contributed by atoms with Crippen LogP contribution in [0.1, 0.15) is 22.8 Å². The van der Waals surface area contributed by atoms with E-state index in [1.807, 2.05) is 0 Å². The molecule has 11 heteroatoms. The summed E-state index contributed by atoms with van der Waals surface area (Å²) in [6.07, 6.45) is 0. The average molecular weight is 423 g/mol. The summed E-state index contributed by atoms with van der Waals surface area (Å²) in [5.41, 5.74) is -1.78. The van der Waals surface area contributed by atoms with Crippen molar-refractivity contribution < 1.29 is 31.6 Å². The minimum Gasteiger partial charge on any atom is -0.319 e. The molecule has 0 radical (unpaired) electrons. The van der Waals surface area contributed by atoms with Crippen LogP contribution in [0.4, 0.5) is 13.6 Å². The molecule has 1 aliphatic heterocycles. The summed E-state index contributed by atoms with van der Waals surface area (Å²) in [4.78, 5) is 37.8. The summed E-state index contributed by atoms with van der Waals surface area (Å²) >= 11 is 0. The van der Waals surface area contributed by atoms with Gasteiger partial charge in [-0.3, -0.25) is 14.5 Å². The lowest BCUT2D eigenvalue weighted by atomic mass is 9.92. The summed E-state index contributed by atoms with van der Waals surface area (Å²) in [6.45, 7) is 0.625. The number of rotatable bonds is 5. The van der Waals surface area contributed by atoms with Gasteiger partial charge in [0.1, 0.15) is 17.2 Å². The van der Waals surface area contributed by atoms with Gasteiger partial charge >= 0.3 is 6.03 Å². The Morgan fingerprint density at radius 3 is 2.31 bits per heavy atom. The molecule has 0 aromatic heterocycles. The Morgan fingerprint density at radius 2 is 1.76 bits per heavy atom. The molecule has 1 saturated heterocycles. The van der Waals surface area contributed by atoms with Crippen molar-refractivity contribution in [3.05, 3.63) is 65.2 Å². The van der Waals surface area contributed by atoms with Gasteiger partial charge in [-0.25, -0.2) is 27.1 Å². The van der Waals surface area contributed by atoms with Crippen molar-refractivity contribution in [1.82, 2.24) is 10.2 Å². The monoisotopic (exact) mass is 423 g/mol. The van der Waals surface area contributed by atoms with Crippen molar-refractivity contribution in [2.24, 2.45) is 5.14 Å². The van der Waals surface area contributed by atoms with Crippen molar-refractivity contribution in [3.8, 4) is 0 Å². The van der Waals surface area contributed by atoms with Gasteiger partial charge in [0.25, 0.3) is 5.91 Å². The number of benzene rings is 2. The SMILES string of the molecule is C[C@@]1(c2ccc(S(N)(=O)=O)cc2)NC(=O)N(CC(=O)c2ccc(F)cc2F)C1=O. The highest BCUT2D eigenvalue weighted by atomic mass is 32.2. The third kappa shape index (κ3) is 3.74. The number of amides is 3. The maximum atomic E-state index is 13.8. The second-order valence-electron chi connectivity index (χ2n) is 6.56. The fourth-order valence-corrected chi connectivity index (χ4v) is 3.47. The number of Topliss-reactive ketones (excluding diaryl/α,β-unsaturated/α-hetero) is 1. The van der Waals surface area contributed by atoms with Gasteiger partial charge in [-0.2, -0.15) is 0 Å². The van der Waals surface area contributed by atoms with Crippen LogP contribution in [-0.2, 0) is 20.4 Å². The molecule has 8 nitrogen and oxygen atoms in total. The van der Waals surface area contributed by atoms with E-state index in [1.54, 1.807) is 0 Å². The largest absolute Gasteiger partial charge is 0.325 e. The summed E-state index contributed by atoms with van der Waals surface area (Å²) < 4.78 is 49.5. The predicted molar refractivity (Wildman–Crippen MR) is 96.1 cm³/mol. The first-order valence-electron chi connectivity index (χ1n) is 8.19. The normalized spacial score (nSPS) is 19.4. The Bertz CT molecular complexity index is 1130. The molecule has 2 aromatic rings. The van der Waals surface area contributed by atoms with E-state index < -0.39 is 57.0 Å². The first-order chi connectivity index (χ1) is 13.4. The Morgan fingerprint density at radius 1 is 1.14 bits per heavy atom. The van der Waals surface area contributed by atoms with Gasteiger partial charge < -0.3 is 5.32 Å². The molecule has 0 saturated carbocycles. The van der Waals surface area contributed by atoms with Crippen LogP contribution in [0.2, 0.25) is 0 Å². The molecule has 0 unspecified atom stereocenters. The number of urea groups is 1. The molecule has 3 N–H and O–H groups in total. The van der Waals surface area contributed by atoms with Crippen molar-refractivity contribution in [2.45, 2.75) is 17.4 Å². The Hall–Kier alpha value is -3.18. The van der Waals surface area contributed by atoms with E-state index in [1.165, 1.54) is 31.2 Å². The number of primary sulfonamides is 1. The lowest BCUT2D eigenvalue weighted by Crippen LogP contribution is -2.41. The lowest BCUT2D eigenvalue weighted by Gasteiger charge is -2.22. The molecular weight excluding hydrogens is 408 g/mol. The van der Waals surface area contributed by atoms with Crippen LogP contribution in [0.3, 0.4) is 0 Å². The molecule has 3 amide bonds. The topological polar surface area (TPSA) is 127 Å². The standard InChI is InChI=1S/C18H15F2N3O5S/c1-18(10-2-5-12(6-3-10)29(21,27)28)16(25)23(17(26)22-18)9-15(24)13-7-4-11(19)8-14(13)20/h2-8H,9H2,1H3,(H,22,26)(H2,21,27,28)/t18-/m0/s1. The first kappa shape index (κ1) is 20.6. The number of ketones is 1. The molecular formula is C18H15F2N3O5S. The second kappa shape index (κ2) is 7.01. The van der Waals surface area contributed by atoms with Crippen LogP contribution in [0.5, 0.6) is 0 Å². The minimum absolute atomic E-state index is 0.180. The summed E-state index contributed by atoms with van der Waals surface area (Å²) in [5.74, 6) is -3.66. The number of imide groups is 1. The van der Waals surface area contributed by atoms with Crippen LogP contribution in [0.25, 0.3) is 0 Å². The molecule has 29 heavy (non-hydrogen) atoms. The quantitative estimate of drug-likeness (QED) is 0.553. The number of sulfonamides is 1. The highest BCUT2D eigenvalue weighted by Crippen LogP contribution is 2.29. The molecule has 0 bridgehead atoms. The third-order valence-corrected chi connectivity index (χ3v) is 5.50. The van der Waals surface area contributed by atoms with E-state index in [0.717, 1.165) is 12.1 Å². The van der Waals surface area contributed by atoms with Gasteiger partial charge in [0.05, 0.1) is 17.0 Å². The number of halogens is 2. The third-order valence-electron chi connectivity index (χ3n) is 4.57. The number of nitrogens with two attached hydrogens (primary N) is 1. The highest BCUT2D eigenvalue weighted by Gasteiger charge is 2.49. The van der Waals surface area contributed by atoms with Crippen LogP contribution < -0.4 is 10.5 Å². The van der Waals surface area contributed by atoms with Crippen molar-refractivity contribution in [3.63, 3.8) is 0 Å². The number of carbonyl (C=O) groups excluding carboxylic acids is 3. The summed E-state index contributed by atoms with van der Waals surface area (Å²) in [5, 5.41) is 7.47. The zero-order valence-corrected chi connectivity index (χ0v) is 15.8. The highest BCUT2D eigenvalue weighted by molar-refractivity contribution is 7.89. The molecule has 0 spiro atoms. The summed E-state index contributed by atoms with van der Waals surface area (Å²) in [6, 6.07) is 6.43. The van der Waals surface area contributed by atoms with Crippen molar-refractivity contribution in [2.75, 3.05) is 6.54 Å². The van der Waals surface area contributed by atoms with Crippen molar-refractivity contribution in [1.29, 1.82) is 0 Å². The zero-order chi connectivity index (χ0) is 21.6. The fourth-order valence-electron chi connectivity index (χ4n) is 2.96. The van der Waals surface area contributed by atoms with Crippen LogP contribution in [-0.4, -0.2) is 37.6 Å². The average Bonchev–Trinajstić information content (AvgIpc) is 2.85. The lowest BCUT2D eigenvalue weighted by molar-refractivity contribution is -0.130. The van der Waals surface area contributed by atoms with Crippen LogP contribution in [0, 0.1) is 11.6 Å². The van der Waals surface area contributed by atoms with E-state index in [-0.39, 0.29) is 10.5 Å². The van der Waals surface area contributed by atoms with E-state index in [4.69, 9.17) is 5.14 Å². The predicted octanol–water partition coefficient (Wildman–Crippen LogP) is 1.26. The molecule has 2 aromatic carbocycles. The molecule has 0 aliphatic carbocycles. The van der Waals surface area contributed by atoms with Crippen LogP contribution in [0.15, 0.2) is 47.4 Å². The first-order valence-corrected chi connectivity index (χ1v) is 9.74. The fraction of sp³-hybridized carbons (Fsp3) is 0.167. The number of nitrogens with zero attached hydrogens (tertiary/aromatic N) is 1. The smallest absolute Gasteiger partial charge is 0.319 e. The molecule has 1 aliphatic rings. The Labute approximate surface area is 164 Å². The van der Waals surface area contributed by atoms with E-state index in [0.29, 0.717) is 11.0 Å². The van der Waals surface area contributed by atoms with Gasteiger partial charge in [0.15, 0.2) is 5.78 Å². The van der Waals surface area contributed by atoms with Crippen molar-refractivity contribution >= 4 is 27.7 Å². The van der Waals surface area contributed by atoms with E-state index in [9.17, 15) is 31.6 Å². The molecule has 152 valence electrons. The second-order valence-corrected chi connectivity index (χ2v) is 8.12. The van der Waals surface area contributed by atoms with E-state index in [2.05, 4.69) is 5.32 Å². The Kier molecular flexibility index (Phi) is 4.97. The number of hydrogen-bond acceptors (Lipinski definition) is 5. The molecule has 1 fully saturated rings. The maximum Gasteiger partial charge on any atom is 0.325 e. The number of hydrogen-bond donors (Lipinski definition) is 2. The van der Waals surface area contributed by atoms with Gasteiger partial charge in [0, 0.05) is 6.07 Å². The zero-order valence-electron chi connectivity index (χ0n) is 15.0. The van der Waals surface area contributed by atoms with Gasteiger partial charge in [-0.1, -0.05) is 12.1 Å². The maximum absolute atomic E-state index is 13.8. The molecule has 1 atom stereocenters. The summed E-state index contributed by atoms with van der Waals surface area (Å²) in [7, 11) is -3.94. The Balaban J connectivity index is 1.86. The van der Waals surface area contributed by atoms with Gasteiger partial charge in [-0.05, 0) is 36.8 Å². The molecule has 1 heterocycles.